The summed E-state index contributed by atoms with van der Waals surface area (Å²) in [6, 6.07) is 5.63. The molecule has 0 radical (unpaired) electrons. The highest BCUT2D eigenvalue weighted by atomic mass is 19.1. The number of nitrogens with zero attached hydrogens (tertiary/aromatic N) is 2. The van der Waals surface area contributed by atoms with Crippen molar-refractivity contribution in [3.8, 4) is 5.69 Å². The molecule has 0 bridgehead atoms. The van der Waals surface area contributed by atoms with Gasteiger partial charge in [0, 0.05) is 7.05 Å². The van der Waals surface area contributed by atoms with E-state index in [2.05, 4.69) is 10.4 Å². The summed E-state index contributed by atoms with van der Waals surface area (Å²) in [7, 11) is 1.50. The molecule has 0 atom stereocenters. The van der Waals surface area contributed by atoms with Gasteiger partial charge < -0.3 is 11.1 Å². The summed E-state index contributed by atoms with van der Waals surface area (Å²) in [6.45, 7) is 0. The first-order valence-corrected chi connectivity index (χ1v) is 4.95. The molecule has 0 aliphatic carbocycles. The Labute approximate surface area is 97.0 Å². The second-order valence-corrected chi connectivity index (χ2v) is 3.42. The average molecular weight is 234 g/mol. The van der Waals surface area contributed by atoms with Crippen LogP contribution < -0.4 is 11.1 Å². The fraction of sp³-hybridized carbons (Fsp3) is 0.0909. The number of hydrogen-bond acceptors (Lipinski definition) is 3. The van der Waals surface area contributed by atoms with Crippen LogP contribution in [0.3, 0.4) is 0 Å². The lowest BCUT2D eigenvalue weighted by Crippen LogP contribution is -2.22. The molecule has 17 heavy (non-hydrogen) atoms. The number of nitrogen functional groups attached to an aromatic ring is 1. The van der Waals surface area contributed by atoms with Crippen molar-refractivity contribution < 1.29 is 9.18 Å². The van der Waals surface area contributed by atoms with Gasteiger partial charge in [0.1, 0.15) is 5.82 Å². The number of carbonyl (C=O) groups excluding carboxylic acids is 1. The van der Waals surface area contributed by atoms with Crippen molar-refractivity contribution in [2.45, 2.75) is 0 Å². The molecule has 0 fully saturated rings. The molecule has 0 aliphatic heterocycles. The Balaban J connectivity index is 2.52. The maximum absolute atomic E-state index is 12.8. The fourth-order valence-corrected chi connectivity index (χ4v) is 1.48. The topological polar surface area (TPSA) is 72.9 Å². The van der Waals surface area contributed by atoms with Gasteiger partial charge in [-0.25, -0.2) is 9.07 Å². The number of carbonyl (C=O) groups is 1. The first kappa shape index (κ1) is 11.1. The van der Waals surface area contributed by atoms with E-state index in [1.165, 1.54) is 42.2 Å². The van der Waals surface area contributed by atoms with Crippen LogP contribution in [0.25, 0.3) is 5.69 Å². The van der Waals surface area contributed by atoms with Gasteiger partial charge in [0.05, 0.1) is 17.6 Å². The Kier molecular flexibility index (Phi) is 2.78. The van der Waals surface area contributed by atoms with Crippen molar-refractivity contribution in [1.29, 1.82) is 0 Å². The van der Waals surface area contributed by atoms with Crippen LogP contribution in [-0.4, -0.2) is 22.7 Å². The van der Waals surface area contributed by atoms with Crippen LogP contribution in [0.4, 0.5) is 10.1 Å². The minimum Gasteiger partial charge on any atom is -0.396 e. The molecule has 1 aromatic carbocycles. The third-order valence-electron chi connectivity index (χ3n) is 2.31. The van der Waals surface area contributed by atoms with Crippen LogP contribution in [-0.2, 0) is 0 Å². The predicted molar refractivity (Wildman–Crippen MR) is 61.3 cm³/mol. The normalized spacial score (nSPS) is 10.2. The zero-order chi connectivity index (χ0) is 12.4. The number of hydrogen-bond donors (Lipinski definition) is 2. The van der Waals surface area contributed by atoms with Gasteiger partial charge in [0.15, 0.2) is 5.69 Å². The van der Waals surface area contributed by atoms with E-state index in [4.69, 9.17) is 5.73 Å². The van der Waals surface area contributed by atoms with Crippen LogP contribution in [0.5, 0.6) is 0 Å². The highest BCUT2D eigenvalue weighted by Crippen LogP contribution is 2.16. The van der Waals surface area contributed by atoms with Crippen molar-refractivity contribution in [3.05, 3.63) is 42.0 Å². The minimum absolute atomic E-state index is 0.235. The van der Waals surface area contributed by atoms with Crippen molar-refractivity contribution in [2.24, 2.45) is 0 Å². The van der Waals surface area contributed by atoms with Crippen LogP contribution in [0, 0.1) is 5.82 Å². The van der Waals surface area contributed by atoms with E-state index in [1.807, 2.05) is 0 Å². The fourth-order valence-electron chi connectivity index (χ4n) is 1.48. The summed E-state index contributed by atoms with van der Waals surface area (Å²) < 4.78 is 14.2. The highest BCUT2D eigenvalue weighted by molar-refractivity contribution is 5.97. The number of nitrogens with two attached hydrogens (primary N) is 1. The van der Waals surface area contributed by atoms with Gasteiger partial charge >= 0.3 is 0 Å². The number of aromatic nitrogens is 2. The second kappa shape index (κ2) is 4.25. The zero-order valence-electron chi connectivity index (χ0n) is 9.14. The molecule has 0 saturated heterocycles. The number of amides is 1. The van der Waals surface area contributed by atoms with E-state index in [0.29, 0.717) is 5.69 Å². The molecule has 0 aliphatic rings. The smallest absolute Gasteiger partial charge is 0.271 e. The Morgan fingerprint density at radius 1 is 1.41 bits per heavy atom. The van der Waals surface area contributed by atoms with Gasteiger partial charge in [0.25, 0.3) is 5.91 Å². The molecular formula is C11H11FN4O. The number of nitrogens with one attached hydrogen (secondary N) is 1. The lowest BCUT2D eigenvalue weighted by molar-refractivity contribution is 0.0956. The molecule has 0 saturated carbocycles. The first-order chi connectivity index (χ1) is 8.13. The maximum Gasteiger partial charge on any atom is 0.271 e. The lowest BCUT2D eigenvalue weighted by atomic mass is 10.3. The number of anilines is 1. The van der Waals surface area contributed by atoms with Crippen LogP contribution >= 0.6 is 0 Å². The molecule has 3 N–H and O–H groups in total. The molecule has 2 rings (SSSR count). The van der Waals surface area contributed by atoms with Gasteiger partial charge in [-0.05, 0) is 24.3 Å². The average Bonchev–Trinajstić information content (AvgIpc) is 2.71. The summed E-state index contributed by atoms with van der Waals surface area (Å²) in [5.74, 6) is -0.695. The summed E-state index contributed by atoms with van der Waals surface area (Å²) in [5, 5.41) is 6.47. The van der Waals surface area contributed by atoms with Gasteiger partial charge in [0.2, 0.25) is 0 Å². The molecule has 1 heterocycles. The molecular weight excluding hydrogens is 223 g/mol. The summed E-state index contributed by atoms with van der Waals surface area (Å²) in [6.07, 6.45) is 1.38. The Morgan fingerprint density at radius 2 is 2.06 bits per heavy atom. The third-order valence-corrected chi connectivity index (χ3v) is 2.31. The van der Waals surface area contributed by atoms with Gasteiger partial charge in [-0.1, -0.05) is 0 Å². The molecule has 2 aromatic rings. The zero-order valence-corrected chi connectivity index (χ0v) is 9.14. The maximum atomic E-state index is 12.8. The lowest BCUT2D eigenvalue weighted by Gasteiger charge is -2.06. The number of halogens is 1. The minimum atomic E-state index is -0.352. The Hall–Kier alpha value is -2.37. The monoisotopic (exact) mass is 234 g/mol. The molecule has 88 valence electrons. The molecule has 0 spiro atoms. The van der Waals surface area contributed by atoms with Crippen molar-refractivity contribution in [2.75, 3.05) is 12.8 Å². The van der Waals surface area contributed by atoms with Crippen molar-refractivity contribution >= 4 is 11.6 Å². The van der Waals surface area contributed by atoms with Crippen molar-refractivity contribution in [1.82, 2.24) is 15.1 Å². The van der Waals surface area contributed by atoms with Gasteiger partial charge in [-0.2, -0.15) is 5.10 Å². The van der Waals surface area contributed by atoms with E-state index >= 15 is 0 Å². The largest absolute Gasteiger partial charge is 0.396 e. The summed E-state index contributed by atoms with van der Waals surface area (Å²) in [4.78, 5) is 11.6. The van der Waals surface area contributed by atoms with E-state index in [-0.39, 0.29) is 23.1 Å². The van der Waals surface area contributed by atoms with E-state index < -0.39 is 0 Å². The summed E-state index contributed by atoms with van der Waals surface area (Å²) in [5.41, 5.74) is 6.75. The van der Waals surface area contributed by atoms with Crippen LogP contribution in [0.2, 0.25) is 0 Å². The molecule has 1 aromatic heterocycles. The van der Waals surface area contributed by atoms with E-state index in [1.54, 1.807) is 0 Å². The molecule has 6 heteroatoms. The first-order valence-electron chi connectivity index (χ1n) is 4.95. The molecule has 1 amide bonds. The van der Waals surface area contributed by atoms with E-state index in [9.17, 15) is 9.18 Å². The highest BCUT2D eigenvalue weighted by Gasteiger charge is 2.16. The third kappa shape index (κ3) is 1.96. The van der Waals surface area contributed by atoms with Crippen molar-refractivity contribution in [3.63, 3.8) is 0 Å². The van der Waals surface area contributed by atoms with Crippen LogP contribution in [0.1, 0.15) is 10.5 Å². The Morgan fingerprint density at radius 3 is 2.65 bits per heavy atom. The van der Waals surface area contributed by atoms with Gasteiger partial charge in [-0.15, -0.1) is 0 Å². The number of benzene rings is 1. The quantitative estimate of drug-likeness (QED) is 0.812. The summed E-state index contributed by atoms with van der Waals surface area (Å²) >= 11 is 0. The second-order valence-electron chi connectivity index (χ2n) is 3.42. The van der Waals surface area contributed by atoms with Gasteiger partial charge in [-0.3, -0.25) is 4.79 Å². The Bertz CT molecular complexity index is 547. The standard InChI is InChI=1S/C11H11FN4O/c1-14-11(17)10-9(13)6-15-16(10)8-4-2-7(12)3-5-8/h2-6H,13H2,1H3,(H,14,17). The number of rotatable bonds is 2. The van der Waals surface area contributed by atoms with E-state index in [0.717, 1.165) is 0 Å². The molecule has 0 unspecified atom stereocenters. The van der Waals surface area contributed by atoms with Crippen LogP contribution in [0.15, 0.2) is 30.5 Å². The SMILES string of the molecule is CNC(=O)c1c(N)cnn1-c1ccc(F)cc1. The molecule has 5 nitrogen and oxygen atoms in total. The predicted octanol–water partition coefficient (Wildman–Crippen LogP) is 0.953.